The van der Waals surface area contributed by atoms with Gasteiger partial charge in [-0.15, -0.1) is 0 Å². The highest BCUT2D eigenvalue weighted by atomic mass is 35.5. The maximum atomic E-state index is 11.8. The second kappa shape index (κ2) is 6.96. The molecule has 1 aromatic carbocycles. The molecule has 1 aromatic rings. The Labute approximate surface area is 133 Å². The van der Waals surface area contributed by atoms with Gasteiger partial charge in [0, 0.05) is 6.08 Å². The molecule has 1 atom stereocenters. The van der Waals surface area contributed by atoms with Crippen molar-refractivity contribution in [3.8, 4) is 0 Å². The van der Waals surface area contributed by atoms with Crippen molar-refractivity contribution >= 4 is 41.2 Å². The number of rotatable bonds is 4. The van der Waals surface area contributed by atoms with Gasteiger partial charge in [0.2, 0.25) is 5.91 Å². The summed E-state index contributed by atoms with van der Waals surface area (Å²) < 4.78 is 0. The minimum absolute atomic E-state index is 0.386. The van der Waals surface area contributed by atoms with Gasteiger partial charge in [0.15, 0.2) is 0 Å². The van der Waals surface area contributed by atoms with E-state index >= 15 is 0 Å². The van der Waals surface area contributed by atoms with Crippen LogP contribution in [0.4, 0.5) is 0 Å². The van der Waals surface area contributed by atoms with Crippen molar-refractivity contribution in [1.82, 2.24) is 5.32 Å². The van der Waals surface area contributed by atoms with E-state index in [9.17, 15) is 9.59 Å². The molecule has 1 unspecified atom stereocenters. The summed E-state index contributed by atoms with van der Waals surface area (Å²) in [4.78, 5) is 23.0. The van der Waals surface area contributed by atoms with Gasteiger partial charge in [0.05, 0.1) is 10.0 Å². The van der Waals surface area contributed by atoms with Gasteiger partial charge in [0.1, 0.15) is 6.04 Å². The van der Waals surface area contributed by atoms with Gasteiger partial charge in [-0.3, -0.25) is 4.79 Å². The summed E-state index contributed by atoms with van der Waals surface area (Å²) >= 11 is 11.7. The largest absolute Gasteiger partial charge is 0.480 e. The second-order valence-corrected chi connectivity index (χ2v) is 6.47. The van der Waals surface area contributed by atoms with Crippen LogP contribution in [-0.4, -0.2) is 23.0 Å². The molecular weight excluding hydrogens is 313 g/mol. The van der Waals surface area contributed by atoms with Crippen LogP contribution < -0.4 is 5.32 Å². The van der Waals surface area contributed by atoms with Gasteiger partial charge in [-0.2, -0.15) is 0 Å². The lowest BCUT2D eigenvalue weighted by atomic mass is 9.87. The first kappa shape index (κ1) is 17.5. The third-order valence-electron chi connectivity index (χ3n) is 2.77. The van der Waals surface area contributed by atoms with Crippen LogP contribution in [0.15, 0.2) is 24.3 Å². The molecule has 0 heterocycles. The van der Waals surface area contributed by atoms with Crippen molar-refractivity contribution in [3.63, 3.8) is 0 Å². The molecule has 114 valence electrons. The fraction of sp³-hybridized carbons (Fsp3) is 0.333. The molecule has 0 saturated heterocycles. The number of carboxylic acid groups (broad SMARTS) is 1. The van der Waals surface area contributed by atoms with Crippen molar-refractivity contribution in [3.05, 3.63) is 39.9 Å². The summed E-state index contributed by atoms with van der Waals surface area (Å²) in [6.07, 6.45) is 2.81. The number of hydrogen-bond acceptors (Lipinski definition) is 2. The number of benzene rings is 1. The topological polar surface area (TPSA) is 66.4 Å². The molecule has 2 N–H and O–H groups in total. The lowest BCUT2D eigenvalue weighted by molar-refractivity contribution is -0.144. The number of carbonyl (C=O) groups excluding carboxylic acids is 1. The van der Waals surface area contributed by atoms with Crippen molar-refractivity contribution < 1.29 is 14.7 Å². The maximum Gasteiger partial charge on any atom is 0.326 e. The zero-order valence-electron chi connectivity index (χ0n) is 12.0. The summed E-state index contributed by atoms with van der Waals surface area (Å²) in [5, 5.41) is 12.4. The number of hydrogen-bond donors (Lipinski definition) is 2. The van der Waals surface area contributed by atoms with Crippen LogP contribution in [0.1, 0.15) is 26.3 Å². The zero-order chi connectivity index (χ0) is 16.2. The number of amides is 1. The monoisotopic (exact) mass is 329 g/mol. The summed E-state index contributed by atoms with van der Waals surface area (Å²) in [5.41, 5.74) is 0.112. The first-order chi connectivity index (χ1) is 9.61. The van der Waals surface area contributed by atoms with E-state index in [-0.39, 0.29) is 0 Å². The van der Waals surface area contributed by atoms with E-state index in [0.717, 1.165) is 0 Å². The second-order valence-electron chi connectivity index (χ2n) is 5.65. The number of carbonyl (C=O) groups is 2. The van der Waals surface area contributed by atoms with Crippen LogP contribution in [-0.2, 0) is 9.59 Å². The summed E-state index contributed by atoms with van der Waals surface area (Å²) in [6.45, 7) is 5.23. The highest BCUT2D eigenvalue weighted by molar-refractivity contribution is 6.42. The predicted octanol–water partition coefficient (Wildman–Crippen LogP) is 3.62. The fourth-order valence-corrected chi connectivity index (χ4v) is 1.93. The molecular formula is C15H17Cl2NO3. The standard InChI is InChI=1S/C15H17Cl2NO3/c1-15(2,3)13(14(20)21)18-12(19)7-5-9-4-6-10(16)11(17)8-9/h4-8,13H,1-3H3,(H,18,19)(H,20,21)/b7-5+. The average molecular weight is 330 g/mol. The van der Waals surface area contributed by atoms with Crippen LogP contribution in [0.25, 0.3) is 6.08 Å². The predicted molar refractivity (Wildman–Crippen MR) is 84.5 cm³/mol. The highest BCUT2D eigenvalue weighted by Crippen LogP contribution is 2.23. The third-order valence-corrected chi connectivity index (χ3v) is 3.51. The van der Waals surface area contributed by atoms with Crippen molar-refractivity contribution in [2.24, 2.45) is 5.41 Å². The molecule has 0 aliphatic rings. The number of aliphatic carboxylic acids is 1. The lowest BCUT2D eigenvalue weighted by Crippen LogP contribution is -2.48. The van der Waals surface area contributed by atoms with Gasteiger partial charge in [-0.1, -0.05) is 50.0 Å². The smallest absolute Gasteiger partial charge is 0.326 e. The number of nitrogens with one attached hydrogen (secondary N) is 1. The Hall–Kier alpha value is -1.52. The molecule has 0 aliphatic heterocycles. The first-order valence-electron chi connectivity index (χ1n) is 6.27. The molecule has 0 radical (unpaired) electrons. The van der Waals surface area contributed by atoms with Gasteiger partial charge in [-0.25, -0.2) is 4.79 Å². The van der Waals surface area contributed by atoms with E-state index in [1.165, 1.54) is 6.08 Å². The molecule has 4 nitrogen and oxygen atoms in total. The van der Waals surface area contributed by atoms with E-state index in [2.05, 4.69) is 5.32 Å². The zero-order valence-corrected chi connectivity index (χ0v) is 13.5. The Morgan fingerprint density at radius 2 is 1.86 bits per heavy atom. The van der Waals surface area contributed by atoms with Crippen molar-refractivity contribution in [2.45, 2.75) is 26.8 Å². The van der Waals surface area contributed by atoms with E-state index < -0.39 is 23.3 Å². The van der Waals surface area contributed by atoms with Crippen LogP contribution in [0, 0.1) is 5.41 Å². The Morgan fingerprint density at radius 1 is 1.24 bits per heavy atom. The van der Waals surface area contributed by atoms with Crippen molar-refractivity contribution in [1.29, 1.82) is 0 Å². The van der Waals surface area contributed by atoms with E-state index in [0.29, 0.717) is 15.6 Å². The maximum absolute atomic E-state index is 11.8. The van der Waals surface area contributed by atoms with Gasteiger partial charge in [0.25, 0.3) is 0 Å². The average Bonchev–Trinajstić information content (AvgIpc) is 2.35. The normalized spacial score (nSPS) is 13.2. The number of carboxylic acids is 1. The van der Waals surface area contributed by atoms with Crippen molar-refractivity contribution in [2.75, 3.05) is 0 Å². The van der Waals surface area contributed by atoms with Crippen LogP contribution in [0.5, 0.6) is 0 Å². The molecule has 6 heteroatoms. The van der Waals surface area contributed by atoms with Crippen LogP contribution >= 0.6 is 23.2 Å². The minimum atomic E-state index is -1.07. The molecule has 0 bridgehead atoms. The SMILES string of the molecule is CC(C)(C)C(NC(=O)/C=C/c1ccc(Cl)c(Cl)c1)C(=O)O. The van der Waals surface area contributed by atoms with Gasteiger partial charge < -0.3 is 10.4 Å². The molecule has 0 aromatic heterocycles. The lowest BCUT2D eigenvalue weighted by Gasteiger charge is -2.27. The quantitative estimate of drug-likeness (QED) is 0.829. The molecule has 0 spiro atoms. The van der Waals surface area contributed by atoms with E-state index in [1.54, 1.807) is 45.0 Å². The number of halogens is 2. The Balaban J connectivity index is 2.78. The molecule has 0 fully saturated rings. The molecule has 1 rings (SSSR count). The Morgan fingerprint density at radius 3 is 2.33 bits per heavy atom. The molecule has 1 amide bonds. The van der Waals surface area contributed by atoms with Crippen LogP contribution in [0.2, 0.25) is 10.0 Å². The molecule has 0 aliphatic carbocycles. The van der Waals surface area contributed by atoms with E-state index in [4.69, 9.17) is 28.3 Å². The minimum Gasteiger partial charge on any atom is -0.480 e. The van der Waals surface area contributed by atoms with Crippen LogP contribution in [0.3, 0.4) is 0 Å². The first-order valence-corrected chi connectivity index (χ1v) is 7.03. The van der Waals surface area contributed by atoms with E-state index in [1.807, 2.05) is 0 Å². The Kier molecular flexibility index (Phi) is 5.81. The summed E-state index contributed by atoms with van der Waals surface area (Å²) in [6, 6.07) is 3.97. The third kappa shape index (κ3) is 5.40. The Bertz CT molecular complexity index is 577. The fourth-order valence-electron chi connectivity index (χ4n) is 1.63. The molecule has 21 heavy (non-hydrogen) atoms. The highest BCUT2D eigenvalue weighted by Gasteiger charge is 2.31. The summed E-state index contributed by atoms with van der Waals surface area (Å²) in [5.74, 6) is -1.55. The molecule has 0 saturated carbocycles. The van der Waals surface area contributed by atoms with Gasteiger partial charge >= 0.3 is 5.97 Å². The summed E-state index contributed by atoms with van der Waals surface area (Å²) in [7, 11) is 0. The van der Waals surface area contributed by atoms with Gasteiger partial charge in [-0.05, 0) is 29.2 Å².